The molecule has 0 radical (unpaired) electrons. The van der Waals surface area contributed by atoms with Gasteiger partial charge in [-0.15, -0.1) is 0 Å². The van der Waals surface area contributed by atoms with Gasteiger partial charge in [0, 0.05) is 17.5 Å². The number of aliphatic carboxylic acids is 1. The van der Waals surface area contributed by atoms with E-state index in [0.29, 0.717) is 0 Å². The highest BCUT2D eigenvalue weighted by Crippen LogP contribution is 2.28. The molecule has 1 amide bonds. The largest absolute Gasteiger partial charge is 0.480 e. The summed E-state index contributed by atoms with van der Waals surface area (Å²) in [6, 6.07) is 1.12. The van der Waals surface area contributed by atoms with E-state index in [9.17, 15) is 19.7 Å². The third-order valence-electron chi connectivity index (χ3n) is 3.34. The molecule has 2 rings (SSSR count). The molecule has 1 heterocycles. The molecule has 0 aliphatic heterocycles. The van der Waals surface area contributed by atoms with E-state index in [2.05, 4.69) is 0 Å². The van der Waals surface area contributed by atoms with Gasteiger partial charge < -0.3 is 10.0 Å². The summed E-state index contributed by atoms with van der Waals surface area (Å²) in [4.78, 5) is 34.7. The van der Waals surface area contributed by atoms with Crippen LogP contribution in [0.4, 0.5) is 5.00 Å². The fraction of sp³-hybridized carbons (Fsp3) is 0.500. The van der Waals surface area contributed by atoms with Crippen LogP contribution in [0.2, 0.25) is 0 Å². The Labute approximate surface area is 119 Å². The van der Waals surface area contributed by atoms with Gasteiger partial charge in [-0.3, -0.25) is 19.7 Å². The van der Waals surface area contributed by atoms with Crippen LogP contribution < -0.4 is 0 Å². The number of hydrogen-bond donors (Lipinski definition) is 1. The molecule has 0 saturated heterocycles. The van der Waals surface area contributed by atoms with Gasteiger partial charge >= 0.3 is 11.0 Å². The lowest BCUT2D eigenvalue weighted by Crippen LogP contribution is -2.42. The molecule has 1 aromatic heterocycles. The summed E-state index contributed by atoms with van der Waals surface area (Å²) in [6.07, 6.45) is 3.51. The molecule has 1 aromatic rings. The summed E-state index contributed by atoms with van der Waals surface area (Å²) in [5.41, 5.74) is 0.190. The van der Waals surface area contributed by atoms with Crippen molar-refractivity contribution in [3.05, 3.63) is 27.1 Å². The summed E-state index contributed by atoms with van der Waals surface area (Å²) >= 11 is 0.871. The van der Waals surface area contributed by atoms with Gasteiger partial charge in [-0.05, 0) is 12.8 Å². The van der Waals surface area contributed by atoms with Crippen molar-refractivity contribution in [2.75, 3.05) is 6.54 Å². The average molecular weight is 298 g/mol. The number of carbonyl (C=O) groups excluding carboxylic acids is 1. The second kappa shape index (κ2) is 6.00. The third kappa shape index (κ3) is 3.13. The maximum atomic E-state index is 12.3. The van der Waals surface area contributed by atoms with Gasteiger partial charge in [0.25, 0.3) is 5.91 Å². The molecule has 1 saturated carbocycles. The van der Waals surface area contributed by atoms with Gasteiger partial charge in [-0.2, -0.15) is 0 Å². The monoisotopic (exact) mass is 298 g/mol. The number of nitro groups is 1. The molecule has 8 heteroatoms. The normalized spacial score (nSPS) is 15.2. The van der Waals surface area contributed by atoms with Crippen LogP contribution in [0.25, 0.3) is 0 Å². The Morgan fingerprint density at radius 1 is 1.45 bits per heavy atom. The van der Waals surface area contributed by atoms with E-state index in [1.807, 2.05) is 0 Å². The smallest absolute Gasteiger partial charge is 0.324 e. The van der Waals surface area contributed by atoms with Crippen LogP contribution in [0.1, 0.15) is 36.0 Å². The topological polar surface area (TPSA) is 101 Å². The number of nitrogens with zero attached hydrogens (tertiary/aromatic N) is 2. The number of thiophene rings is 1. The predicted molar refractivity (Wildman–Crippen MR) is 71.9 cm³/mol. The van der Waals surface area contributed by atoms with Crippen LogP contribution >= 0.6 is 11.3 Å². The van der Waals surface area contributed by atoms with Crippen molar-refractivity contribution >= 4 is 28.2 Å². The molecule has 0 bridgehead atoms. The molecule has 0 aromatic carbocycles. The van der Waals surface area contributed by atoms with Gasteiger partial charge in [0.1, 0.15) is 6.54 Å². The van der Waals surface area contributed by atoms with Gasteiger partial charge in [0.15, 0.2) is 0 Å². The molecule has 0 atom stereocenters. The van der Waals surface area contributed by atoms with Gasteiger partial charge in [0.2, 0.25) is 0 Å². The molecule has 20 heavy (non-hydrogen) atoms. The maximum Gasteiger partial charge on any atom is 0.324 e. The molecule has 108 valence electrons. The van der Waals surface area contributed by atoms with Crippen molar-refractivity contribution in [2.24, 2.45) is 0 Å². The zero-order chi connectivity index (χ0) is 14.7. The number of carbonyl (C=O) groups is 2. The molecule has 0 unspecified atom stereocenters. The minimum atomic E-state index is -1.07. The first-order chi connectivity index (χ1) is 9.49. The molecule has 1 fully saturated rings. The van der Waals surface area contributed by atoms with E-state index >= 15 is 0 Å². The summed E-state index contributed by atoms with van der Waals surface area (Å²) in [5.74, 6) is -1.52. The van der Waals surface area contributed by atoms with Crippen molar-refractivity contribution in [3.8, 4) is 0 Å². The zero-order valence-corrected chi connectivity index (χ0v) is 11.5. The van der Waals surface area contributed by atoms with Gasteiger partial charge in [-0.1, -0.05) is 24.2 Å². The van der Waals surface area contributed by atoms with Crippen LogP contribution in [0.15, 0.2) is 11.4 Å². The van der Waals surface area contributed by atoms with Crippen molar-refractivity contribution in [2.45, 2.75) is 31.7 Å². The molecule has 1 aliphatic carbocycles. The highest BCUT2D eigenvalue weighted by Gasteiger charge is 2.30. The SMILES string of the molecule is O=C(O)CN(C(=O)c1csc([N+](=O)[O-])c1)C1CCCC1. The van der Waals surface area contributed by atoms with E-state index in [1.54, 1.807) is 0 Å². The van der Waals surface area contributed by atoms with Crippen LogP contribution in [-0.4, -0.2) is 39.4 Å². The number of hydrogen-bond acceptors (Lipinski definition) is 5. The Balaban J connectivity index is 2.19. The Morgan fingerprint density at radius 3 is 2.60 bits per heavy atom. The fourth-order valence-corrected chi connectivity index (χ4v) is 3.12. The second-order valence-corrected chi connectivity index (χ2v) is 5.59. The number of carboxylic acids is 1. The second-order valence-electron chi connectivity index (χ2n) is 4.70. The first-order valence-electron chi connectivity index (χ1n) is 6.24. The molecular weight excluding hydrogens is 284 g/mol. The van der Waals surface area contributed by atoms with Gasteiger partial charge in [0.05, 0.1) is 10.5 Å². The lowest BCUT2D eigenvalue weighted by atomic mass is 10.1. The minimum Gasteiger partial charge on any atom is -0.480 e. The van der Waals surface area contributed by atoms with E-state index in [1.165, 1.54) is 16.3 Å². The average Bonchev–Trinajstić information content (AvgIpc) is 3.05. The zero-order valence-electron chi connectivity index (χ0n) is 10.7. The summed E-state index contributed by atoms with van der Waals surface area (Å²) in [7, 11) is 0. The molecule has 1 aliphatic rings. The lowest BCUT2D eigenvalue weighted by molar-refractivity contribution is -0.380. The molecule has 0 spiro atoms. The van der Waals surface area contributed by atoms with E-state index in [0.717, 1.165) is 37.0 Å². The number of amides is 1. The molecular formula is C12H14N2O5S. The first-order valence-corrected chi connectivity index (χ1v) is 7.12. The standard InChI is InChI=1S/C12H14N2O5S/c15-11(16)6-13(9-3-1-2-4-9)12(17)8-5-10(14(18)19)20-7-8/h5,7,9H,1-4,6H2,(H,15,16). The summed E-state index contributed by atoms with van der Waals surface area (Å²) in [6.45, 7) is -0.368. The fourth-order valence-electron chi connectivity index (χ4n) is 2.43. The minimum absolute atomic E-state index is 0.0856. The highest BCUT2D eigenvalue weighted by molar-refractivity contribution is 7.13. The van der Waals surface area contributed by atoms with Crippen molar-refractivity contribution in [1.29, 1.82) is 0 Å². The van der Waals surface area contributed by atoms with E-state index < -0.39 is 16.8 Å². The summed E-state index contributed by atoms with van der Waals surface area (Å²) in [5, 5.41) is 20.9. The quantitative estimate of drug-likeness (QED) is 0.663. The Hall–Kier alpha value is -1.96. The van der Waals surface area contributed by atoms with Crippen LogP contribution in [0.5, 0.6) is 0 Å². The Morgan fingerprint density at radius 2 is 2.10 bits per heavy atom. The van der Waals surface area contributed by atoms with Gasteiger partial charge in [-0.25, -0.2) is 0 Å². The molecule has 1 N–H and O–H groups in total. The lowest BCUT2D eigenvalue weighted by Gasteiger charge is -2.26. The Kier molecular flexibility index (Phi) is 4.33. The first kappa shape index (κ1) is 14.4. The van der Waals surface area contributed by atoms with Crippen LogP contribution in [-0.2, 0) is 4.79 Å². The predicted octanol–water partition coefficient (Wildman–Crippen LogP) is 2.13. The number of rotatable bonds is 5. The third-order valence-corrected chi connectivity index (χ3v) is 4.22. The number of carboxylic acid groups (broad SMARTS) is 1. The van der Waals surface area contributed by atoms with E-state index in [4.69, 9.17) is 5.11 Å². The maximum absolute atomic E-state index is 12.3. The van der Waals surface area contributed by atoms with E-state index in [-0.39, 0.29) is 23.2 Å². The highest BCUT2D eigenvalue weighted by atomic mass is 32.1. The Bertz CT molecular complexity index is 536. The molecule has 7 nitrogen and oxygen atoms in total. The van der Waals surface area contributed by atoms with Crippen molar-refractivity contribution in [3.63, 3.8) is 0 Å². The van der Waals surface area contributed by atoms with Crippen LogP contribution in [0.3, 0.4) is 0 Å². The van der Waals surface area contributed by atoms with Crippen LogP contribution in [0, 0.1) is 10.1 Å². The van der Waals surface area contributed by atoms with Crippen molar-refractivity contribution in [1.82, 2.24) is 4.90 Å². The summed E-state index contributed by atoms with van der Waals surface area (Å²) < 4.78 is 0. The van der Waals surface area contributed by atoms with Crippen molar-refractivity contribution < 1.29 is 19.6 Å².